The topological polar surface area (TPSA) is 65.1 Å². The molecule has 182 valence electrons. The second-order valence-electron chi connectivity index (χ2n) is 8.94. The van der Waals surface area contributed by atoms with E-state index < -0.39 is 11.9 Å². The second kappa shape index (κ2) is 10.6. The number of amides is 2. The van der Waals surface area contributed by atoms with Gasteiger partial charge in [-0.05, 0) is 61.1 Å². The summed E-state index contributed by atoms with van der Waals surface area (Å²) in [5, 5.41) is 4.97. The largest absolute Gasteiger partial charge is 0.430 e. The Labute approximate surface area is 204 Å². The maximum atomic E-state index is 14.8. The van der Waals surface area contributed by atoms with Crippen molar-refractivity contribution in [3.8, 4) is 0 Å². The number of nitrogens with zero attached hydrogens (tertiary/aromatic N) is 3. The van der Waals surface area contributed by atoms with Gasteiger partial charge in [-0.2, -0.15) is 0 Å². The van der Waals surface area contributed by atoms with Gasteiger partial charge in [-0.1, -0.05) is 23.7 Å². The van der Waals surface area contributed by atoms with Crippen molar-refractivity contribution in [3.63, 3.8) is 0 Å². The zero-order chi connectivity index (χ0) is 24.2. The molecule has 2 aliphatic rings. The van der Waals surface area contributed by atoms with Gasteiger partial charge in [0.1, 0.15) is 5.82 Å². The Morgan fingerprint density at radius 2 is 1.79 bits per heavy atom. The average Bonchev–Trinajstić information content (AvgIpc) is 3.29. The van der Waals surface area contributed by atoms with Gasteiger partial charge >= 0.3 is 6.09 Å². The van der Waals surface area contributed by atoms with Gasteiger partial charge in [-0.3, -0.25) is 10.1 Å². The number of anilines is 2. The van der Waals surface area contributed by atoms with Crippen LogP contribution in [0.1, 0.15) is 37.7 Å². The van der Waals surface area contributed by atoms with E-state index in [4.69, 9.17) is 16.4 Å². The highest BCUT2D eigenvalue weighted by molar-refractivity contribution is 6.30. The van der Waals surface area contributed by atoms with E-state index in [1.165, 1.54) is 18.6 Å². The van der Waals surface area contributed by atoms with Crippen molar-refractivity contribution in [2.75, 3.05) is 43.4 Å². The van der Waals surface area contributed by atoms with Gasteiger partial charge < -0.3 is 14.6 Å². The van der Waals surface area contributed by atoms with Crippen LogP contribution in [0.5, 0.6) is 0 Å². The zero-order valence-corrected chi connectivity index (χ0v) is 20.2. The number of benzene rings is 2. The number of hydrogen-bond donors (Lipinski definition) is 1. The van der Waals surface area contributed by atoms with Gasteiger partial charge in [-0.15, -0.1) is 5.06 Å². The van der Waals surface area contributed by atoms with E-state index in [0.717, 1.165) is 24.3 Å². The molecule has 0 bridgehead atoms. The summed E-state index contributed by atoms with van der Waals surface area (Å²) in [7, 11) is 1.77. The number of likely N-dealkylation sites (N-methyl/N-ethyl adjacent to an activating group) is 1. The molecule has 0 aromatic heterocycles. The smallest absolute Gasteiger partial charge is 0.367 e. The van der Waals surface area contributed by atoms with E-state index in [0.29, 0.717) is 43.5 Å². The molecule has 2 aliphatic heterocycles. The van der Waals surface area contributed by atoms with Crippen LogP contribution in [0.3, 0.4) is 0 Å². The standard InChI is InChI=1S/C25H30ClFN4O3/c1-17(32)29(2)22-11-12-30(16-22)24-8-7-21(15-23(24)27)28-25(33)34-31-13-9-19(10-14-31)18-3-5-20(26)6-4-18/h3-8,15,19,22H,9-14,16H2,1-2H3,(H,28,33). The molecule has 2 saturated heterocycles. The Bertz CT molecular complexity index is 1030. The first-order valence-electron chi connectivity index (χ1n) is 11.6. The first-order chi connectivity index (χ1) is 16.3. The molecule has 34 heavy (non-hydrogen) atoms. The molecule has 0 radical (unpaired) electrons. The van der Waals surface area contributed by atoms with E-state index in [9.17, 15) is 14.0 Å². The lowest BCUT2D eigenvalue weighted by Crippen LogP contribution is -2.37. The van der Waals surface area contributed by atoms with Crippen LogP contribution in [0.2, 0.25) is 5.02 Å². The summed E-state index contributed by atoms with van der Waals surface area (Å²) in [5.41, 5.74) is 2.03. The van der Waals surface area contributed by atoms with Gasteiger partial charge in [0.25, 0.3) is 0 Å². The Balaban J connectivity index is 1.26. The summed E-state index contributed by atoms with van der Waals surface area (Å²) in [6.45, 7) is 4.02. The molecular weight excluding hydrogens is 459 g/mol. The lowest BCUT2D eigenvalue weighted by atomic mass is 9.90. The van der Waals surface area contributed by atoms with E-state index in [1.807, 2.05) is 29.2 Å². The molecule has 0 spiro atoms. The third-order valence-corrected chi connectivity index (χ3v) is 7.00. The Morgan fingerprint density at radius 3 is 2.44 bits per heavy atom. The van der Waals surface area contributed by atoms with Crippen molar-refractivity contribution in [3.05, 3.63) is 58.9 Å². The lowest BCUT2D eigenvalue weighted by Gasteiger charge is -2.30. The Hall–Kier alpha value is -2.84. The van der Waals surface area contributed by atoms with Crippen molar-refractivity contribution in [2.45, 2.75) is 38.1 Å². The highest BCUT2D eigenvalue weighted by atomic mass is 35.5. The summed E-state index contributed by atoms with van der Waals surface area (Å²) < 4.78 is 14.8. The Morgan fingerprint density at radius 1 is 1.09 bits per heavy atom. The quantitative estimate of drug-likeness (QED) is 0.650. The van der Waals surface area contributed by atoms with Crippen molar-refractivity contribution < 1.29 is 18.8 Å². The van der Waals surface area contributed by atoms with E-state index >= 15 is 0 Å². The van der Waals surface area contributed by atoms with Gasteiger partial charge in [0.2, 0.25) is 5.91 Å². The van der Waals surface area contributed by atoms with Gasteiger partial charge in [0.15, 0.2) is 0 Å². The fraction of sp³-hybridized carbons (Fsp3) is 0.440. The minimum Gasteiger partial charge on any atom is -0.367 e. The number of halogens is 2. The third kappa shape index (κ3) is 5.80. The van der Waals surface area contributed by atoms with Crippen LogP contribution < -0.4 is 10.2 Å². The molecule has 1 N–H and O–H groups in total. The Kier molecular flexibility index (Phi) is 7.58. The molecular formula is C25H30ClFN4O3. The van der Waals surface area contributed by atoms with Crippen LogP contribution >= 0.6 is 11.6 Å². The summed E-state index contributed by atoms with van der Waals surface area (Å²) in [4.78, 5) is 33.0. The molecule has 0 aliphatic carbocycles. The SMILES string of the molecule is CC(=O)N(C)C1CCN(c2ccc(NC(=O)ON3CCC(c4ccc(Cl)cc4)CC3)cc2F)C1. The number of hydrogen-bond acceptors (Lipinski definition) is 5. The summed E-state index contributed by atoms with van der Waals surface area (Å²) in [5.74, 6) is -0.0190. The fourth-order valence-electron chi connectivity index (χ4n) is 4.65. The number of rotatable bonds is 5. The van der Waals surface area contributed by atoms with Crippen LogP contribution in [0, 0.1) is 5.82 Å². The molecule has 9 heteroatoms. The summed E-state index contributed by atoms with van der Waals surface area (Å²) >= 11 is 5.96. The second-order valence-corrected chi connectivity index (χ2v) is 9.38. The number of nitrogens with one attached hydrogen (secondary N) is 1. The molecule has 2 aromatic carbocycles. The van der Waals surface area contributed by atoms with Crippen LogP contribution in [0.4, 0.5) is 20.6 Å². The highest BCUT2D eigenvalue weighted by Gasteiger charge is 2.29. The lowest BCUT2D eigenvalue weighted by molar-refractivity contribution is -0.129. The monoisotopic (exact) mass is 488 g/mol. The molecule has 1 unspecified atom stereocenters. The molecule has 2 aromatic rings. The molecule has 0 saturated carbocycles. The number of carbonyl (C=O) groups is 2. The molecule has 2 amide bonds. The maximum Gasteiger partial charge on any atom is 0.430 e. The minimum absolute atomic E-state index is 0.000382. The molecule has 1 atom stereocenters. The highest BCUT2D eigenvalue weighted by Crippen LogP contribution is 2.30. The van der Waals surface area contributed by atoms with Crippen LogP contribution in [0.25, 0.3) is 0 Å². The van der Waals surface area contributed by atoms with Gasteiger partial charge in [0.05, 0.1) is 11.7 Å². The number of hydroxylamine groups is 2. The number of piperidine rings is 1. The van der Waals surface area contributed by atoms with Gasteiger partial charge in [-0.25, -0.2) is 9.18 Å². The summed E-state index contributed by atoms with van der Waals surface area (Å²) in [6, 6.07) is 12.5. The molecule has 2 heterocycles. The van der Waals surface area contributed by atoms with E-state index in [2.05, 4.69) is 5.32 Å². The predicted octanol–water partition coefficient (Wildman–Crippen LogP) is 4.88. The first kappa shape index (κ1) is 24.3. The van der Waals surface area contributed by atoms with Gasteiger partial charge in [0, 0.05) is 50.9 Å². The zero-order valence-electron chi connectivity index (χ0n) is 19.5. The van der Waals surface area contributed by atoms with E-state index in [1.54, 1.807) is 29.1 Å². The first-order valence-corrected chi connectivity index (χ1v) is 11.9. The number of carbonyl (C=O) groups excluding carboxylic acids is 2. The van der Waals surface area contributed by atoms with E-state index in [-0.39, 0.29) is 11.9 Å². The minimum atomic E-state index is -0.638. The van der Waals surface area contributed by atoms with Crippen molar-refractivity contribution in [2.24, 2.45) is 0 Å². The van der Waals surface area contributed by atoms with Crippen molar-refractivity contribution in [1.29, 1.82) is 0 Å². The molecule has 7 nitrogen and oxygen atoms in total. The van der Waals surface area contributed by atoms with Crippen LogP contribution in [-0.2, 0) is 9.63 Å². The fourth-order valence-corrected chi connectivity index (χ4v) is 4.77. The van der Waals surface area contributed by atoms with Crippen LogP contribution in [0.15, 0.2) is 42.5 Å². The predicted molar refractivity (Wildman–Crippen MR) is 131 cm³/mol. The normalized spacial score (nSPS) is 19.2. The average molecular weight is 489 g/mol. The van der Waals surface area contributed by atoms with Crippen molar-refractivity contribution >= 4 is 35.0 Å². The molecule has 4 rings (SSSR count). The van der Waals surface area contributed by atoms with Crippen LogP contribution in [-0.4, -0.2) is 61.2 Å². The summed E-state index contributed by atoms with van der Waals surface area (Å²) in [6.07, 6.45) is 1.89. The molecule has 2 fully saturated rings. The maximum absolute atomic E-state index is 14.8. The third-order valence-electron chi connectivity index (χ3n) is 6.75. The van der Waals surface area contributed by atoms with Crippen molar-refractivity contribution in [1.82, 2.24) is 9.96 Å².